The lowest BCUT2D eigenvalue weighted by molar-refractivity contribution is -0.384. The second kappa shape index (κ2) is 3.20. The molecule has 0 atom stereocenters. The smallest absolute Gasteiger partial charge is 0.286 e. The molecule has 0 bridgehead atoms. The van der Waals surface area contributed by atoms with E-state index in [2.05, 4.69) is 0 Å². The number of nitrogens with zero attached hydrogens (tertiary/aromatic N) is 2. The van der Waals surface area contributed by atoms with E-state index in [9.17, 15) is 10.1 Å². The summed E-state index contributed by atoms with van der Waals surface area (Å²) in [5.41, 5.74) is 0.194. The molecule has 70 valence electrons. The average Bonchev–Trinajstić information content (AvgIpc) is 2.44. The maximum absolute atomic E-state index is 10.4. The van der Waals surface area contributed by atoms with Crippen molar-refractivity contribution >= 4 is 5.69 Å². The van der Waals surface area contributed by atoms with E-state index >= 15 is 0 Å². The first kappa shape index (κ1) is 8.29. The van der Waals surface area contributed by atoms with Gasteiger partial charge in [-0.25, -0.2) is 0 Å². The minimum Gasteiger partial charge on any atom is -0.348 e. The van der Waals surface area contributed by atoms with Gasteiger partial charge >= 0.3 is 0 Å². The summed E-state index contributed by atoms with van der Waals surface area (Å²) in [6.07, 6.45) is 7.25. The van der Waals surface area contributed by atoms with Crippen LogP contribution in [-0.2, 0) is 6.54 Å². The van der Waals surface area contributed by atoms with Gasteiger partial charge < -0.3 is 4.57 Å². The third-order valence-electron chi connectivity index (χ3n) is 2.64. The molecule has 1 aliphatic carbocycles. The molecule has 1 fully saturated rings. The van der Waals surface area contributed by atoms with Crippen LogP contribution in [0.2, 0.25) is 0 Å². The molecule has 1 heterocycles. The normalized spacial score (nSPS) is 16.9. The molecule has 0 aliphatic heterocycles. The average molecular weight is 180 g/mol. The highest BCUT2D eigenvalue weighted by molar-refractivity contribution is 5.25. The molecule has 0 N–H and O–H groups in total. The van der Waals surface area contributed by atoms with Crippen molar-refractivity contribution in [2.24, 2.45) is 5.92 Å². The molecule has 0 radical (unpaired) electrons. The van der Waals surface area contributed by atoms with Crippen molar-refractivity contribution in [3.8, 4) is 0 Å². The van der Waals surface area contributed by atoms with Crippen LogP contribution in [0.3, 0.4) is 0 Å². The van der Waals surface area contributed by atoms with E-state index in [-0.39, 0.29) is 10.6 Å². The van der Waals surface area contributed by atoms with Crippen LogP contribution in [0.4, 0.5) is 5.69 Å². The lowest BCUT2D eigenvalue weighted by atomic mass is 9.85. The summed E-state index contributed by atoms with van der Waals surface area (Å²) in [4.78, 5) is 10.0. The van der Waals surface area contributed by atoms with Crippen LogP contribution < -0.4 is 0 Å². The van der Waals surface area contributed by atoms with Gasteiger partial charge in [-0.15, -0.1) is 0 Å². The number of rotatable bonds is 3. The zero-order valence-corrected chi connectivity index (χ0v) is 7.35. The van der Waals surface area contributed by atoms with E-state index in [0.29, 0.717) is 0 Å². The van der Waals surface area contributed by atoms with Crippen molar-refractivity contribution in [1.82, 2.24) is 4.57 Å². The van der Waals surface area contributed by atoms with Crippen LogP contribution in [0.5, 0.6) is 0 Å². The molecular weight excluding hydrogens is 168 g/mol. The first-order valence-electron chi connectivity index (χ1n) is 4.56. The number of nitro groups is 1. The Bertz CT molecular complexity index is 315. The van der Waals surface area contributed by atoms with E-state index in [1.54, 1.807) is 18.5 Å². The number of aromatic nitrogens is 1. The van der Waals surface area contributed by atoms with Crippen LogP contribution in [0, 0.1) is 16.0 Å². The van der Waals surface area contributed by atoms with Crippen LogP contribution in [-0.4, -0.2) is 9.49 Å². The highest BCUT2D eigenvalue weighted by atomic mass is 16.6. The van der Waals surface area contributed by atoms with Crippen molar-refractivity contribution < 1.29 is 4.92 Å². The Labute approximate surface area is 76.3 Å². The van der Waals surface area contributed by atoms with Gasteiger partial charge in [-0.1, -0.05) is 6.42 Å². The molecule has 1 aromatic rings. The Morgan fingerprint density at radius 3 is 2.85 bits per heavy atom. The van der Waals surface area contributed by atoms with Gasteiger partial charge in [0, 0.05) is 18.8 Å². The third-order valence-corrected chi connectivity index (χ3v) is 2.64. The highest BCUT2D eigenvalue weighted by Gasteiger charge is 2.18. The second-order valence-corrected chi connectivity index (χ2v) is 3.62. The van der Waals surface area contributed by atoms with E-state index in [4.69, 9.17) is 0 Å². The monoisotopic (exact) mass is 180 g/mol. The third kappa shape index (κ3) is 1.71. The Kier molecular flexibility index (Phi) is 2.04. The summed E-state index contributed by atoms with van der Waals surface area (Å²) in [5.74, 6) is 0.743. The Hall–Kier alpha value is -1.32. The fourth-order valence-corrected chi connectivity index (χ4v) is 1.62. The molecule has 2 rings (SSSR count). The SMILES string of the molecule is O=[N+]([O-])c1ccn(CC2CCC2)c1. The van der Waals surface area contributed by atoms with Crippen molar-refractivity contribution in [2.75, 3.05) is 0 Å². The summed E-state index contributed by atoms with van der Waals surface area (Å²) < 4.78 is 1.92. The minimum absolute atomic E-state index is 0.194. The summed E-state index contributed by atoms with van der Waals surface area (Å²) in [5, 5.41) is 10.4. The largest absolute Gasteiger partial charge is 0.348 e. The fourth-order valence-electron chi connectivity index (χ4n) is 1.62. The molecule has 1 saturated carbocycles. The molecule has 0 aromatic carbocycles. The molecule has 1 aromatic heterocycles. The zero-order valence-electron chi connectivity index (χ0n) is 7.35. The second-order valence-electron chi connectivity index (χ2n) is 3.62. The molecule has 0 spiro atoms. The van der Waals surface area contributed by atoms with Crippen LogP contribution in [0.15, 0.2) is 18.5 Å². The van der Waals surface area contributed by atoms with Gasteiger partial charge in [0.25, 0.3) is 5.69 Å². The van der Waals surface area contributed by atoms with Crippen LogP contribution in [0.1, 0.15) is 19.3 Å². The number of hydrogen-bond acceptors (Lipinski definition) is 2. The van der Waals surface area contributed by atoms with Gasteiger partial charge in [0.1, 0.15) is 0 Å². The molecule has 1 aliphatic rings. The molecule has 13 heavy (non-hydrogen) atoms. The Balaban J connectivity index is 2.00. The lowest BCUT2D eigenvalue weighted by Crippen LogP contribution is -2.16. The Morgan fingerprint density at radius 1 is 1.62 bits per heavy atom. The van der Waals surface area contributed by atoms with Gasteiger partial charge in [-0.3, -0.25) is 10.1 Å². The first-order chi connectivity index (χ1) is 6.25. The summed E-state index contributed by atoms with van der Waals surface area (Å²) in [6.45, 7) is 0.938. The molecular formula is C9H12N2O2. The topological polar surface area (TPSA) is 48.1 Å². The summed E-state index contributed by atoms with van der Waals surface area (Å²) in [7, 11) is 0. The van der Waals surface area contributed by atoms with E-state index in [1.807, 2.05) is 4.57 Å². The molecule has 0 amide bonds. The van der Waals surface area contributed by atoms with Crippen LogP contribution in [0.25, 0.3) is 0 Å². The van der Waals surface area contributed by atoms with E-state index in [0.717, 1.165) is 12.5 Å². The first-order valence-corrected chi connectivity index (χ1v) is 4.56. The van der Waals surface area contributed by atoms with E-state index in [1.165, 1.54) is 19.3 Å². The Morgan fingerprint density at radius 2 is 2.38 bits per heavy atom. The number of hydrogen-bond donors (Lipinski definition) is 0. The van der Waals surface area contributed by atoms with Gasteiger partial charge in [0.05, 0.1) is 11.1 Å². The fraction of sp³-hybridized carbons (Fsp3) is 0.556. The van der Waals surface area contributed by atoms with Crippen molar-refractivity contribution in [3.05, 3.63) is 28.6 Å². The van der Waals surface area contributed by atoms with Crippen molar-refractivity contribution in [1.29, 1.82) is 0 Å². The summed E-state index contributed by atoms with van der Waals surface area (Å²) >= 11 is 0. The maximum Gasteiger partial charge on any atom is 0.286 e. The van der Waals surface area contributed by atoms with Gasteiger partial charge in [0.15, 0.2) is 0 Å². The highest BCUT2D eigenvalue weighted by Crippen LogP contribution is 2.28. The van der Waals surface area contributed by atoms with Gasteiger partial charge in [0.2, 0.25) is 0 Å². The molecule has 0 unspecified atom stereocenters. The minimum atomic E-state index is -0.350. The molecule has 0 saturated heterocycles. The quantitative estimate of drug-likeness (QED) is 0.528. The van der Waals surface area contributed by atoms with Crippen LogP contribution >= 0.6 is 0 Å². The predicted molar refractivity (Wildman–Crippen MR) is 48.4 cm³/mol. The zero-order chi connectivity index (χ0) is 9.26. The maximum atomic E-state index is 10.4. The van der Waals surface area contributed by atoms with E-state index < -0.39 is 0 Å². The molecule has 4 nitrogen and oxygen atoms in total. The standard InChI is InChI=1S/C9H12N2O2/c12-11(13)9-4-5-10(7-9)6-8-2-1-3-8/h4-5,7-8H,1-3,6H2. The molecule has 4 heteroatoms. The van der Waals surface area contributed by atoms with Crippen molar-refractivity contribution in [3.63, 3.8) is 0 Å². The lowest BCUT2D eigenvalue weighted by Gasteiger charge is -2.25. The predicted octanol–water partition coefficient (Wildman–Crippen LogP) is 2.20. The van der Waals surface area contributed by atoms with Gasteiger partial charge in [-0.05, 0) is 18.8 Å². The summed E-state index contributed by atoms with van der Waals surface area (Å²) in [6, 6.07) is 1.55. The van der Waals surface area contributed by atoms with Crippen molar-refractivity contribution in [2.45, 2.75) is 25.8 Å². The van der Waals surface area contributed by atoms with Gasteiger partial charge in [-0.2, -0.15) is 0 Å².